The molecule has 1 rings (SSSR count). The highest BCUT2D eigenvalue weighted by Crippen LogP contribution is 2.47. The monoisotopic (exact) mass is 242 g/mol. The van der Waals surface area contributed by atoms with Crippen molar-refractivity contribution in [2.24, 2.45) is 5.41 Å². The van der Waals surface area contributed by atoms with Crippen molar-refractivity contribution in [1.82, 2.24) is 0 Å². The van der Waals surface area contributed by atoms with Gasteiger partial charge in [-0.1, -0.05) is 0 Å². The van der Waals surface area contributed by atoms with Crippen LogP contribution in [-0.2, 0) is 24.1 Å². The summed E-state index contributed by atoms with van der Waals surface area (Å²) in [6.45, 7) is 0. The predicted octanol–water partition coefficient (Wildman–Crippen LogP) is -0.213. The van der Waals surface area contributed by atoms with Crippen molar-refractivity contribution in [3.05, 3.63) is 0 Å². The standard InChI is InChI=1S/C7H14O5S2/c1-12-14(10,11)6-7(3-4-7)5-13(2,8)9/h3-6H2,1-2H3. The predicted molar refractivity (Wildman–Crippen MR) is 52.2 cm³/mol. The summed E-state index contributed by atoms with van der Waals surface area (Å²) in [7, 11) is -5.58. The van der Waals surface area contributed by atoms with E-state index in [0.29, 0.717) is 12.8 Å². The SMILES string of the molecule is COS(=O)(=O)CC1(CS(C)(=O)=O)CC1. The van der Waals surface area contributed by atoms with Crippen molar-refractivity contribution < 1.29 is 21.0 Å². The molecule has 1 aliphatic carbocycles. The third kappa shape index (κ3) is 3.55. The molecule has 0 atom stereocenters. The second kappa shape index (κ2) is 3.46. The Morgan fingerprint density at radius 3 is 1.93 bits per heavy atom. The number of hydrogen-bond acceptors (Lipinski definition) is 5. The number of sulfone groups is 1. The molecule has 0 saturated heterocycles. The highest BCUT2D eigenvalue weighted by molar-refractivity contribution is 7.90. The van der Waals surface area contributed by atoms with Crippen molar-refractivity contribution in [3.63, 3.8) is 0 Å². The number of hydrogen-bond donors (Lipinski definition) is 0. The van der Waals surface area contributed by atoms with Crippen LogP contribution in [-0.4, -0.2) is 41.7 Å². The van der Waals surface area contributed by atoms with E-state index in [4.69, 9.17) is 0 Å². The lowest BCUT2D eigenvalue weighted by Gasteiger charge is -2.12. The van der Waals surface area contributed by atoms with Gasteiger partial charge in [-0.25, -0.2) is 8.42 Å². The van der Waals surface area contributed by atoms with Gasteiger partial charge in [0.05, 0.1) is 18.6 Å². The molecular formula is C7H14O5S2. The summed E-state index contributed by atoms with van der Waals surface area (Å²) < 4.78 is 48.6. The lowest BCUT2D eigenvalue weighted by molar-refractivity contribution is 0.389. The average molecular weight is 242 g/mol. The van der Waals surface area contributed by atoms with E-state index in [1.165, 1.54) is 0 Å². The van der Waals surface area contributed by atoms with Crippen LogP contribution < -0.4 is 0 Å². The van der Waals surface area contributed by atoms with Crippen LogP contribution in [0.3, 0.4) is 0 Å². The summed E-state index contributed by atoms with van der Waals surface area (Å²) in [6.07, 6.45) is 2.40. The first-order chi connectivity index (χ1) is 6.18. The van der Waals surface area contributed by atoms with E-state index < -0.39 is 25.4 Å². The van der Waals surface area contributed by atoms with Crippen molar-refractivity contribution >= 4 is 20.0 Å². The minimum absolute atomic E-state index is 0.0669. The van der Waals surface area contributed by atoms with Crippen LogP contribution >= 0.6 is 0 Å². The third-order valence-corrected chi connectivity index (χ3v) is 4.87. The minimum atomic E-state index is -3.55. The van der Waals surface area contributed by atoms with Gasteiger partial charge in [-0.3, -0.25) is 4.18 Å². The maximum Gasteiger partial charge on any atom is 0.267 e. The van der Waals surface area contributed by atoms with Gasteiger partial charge in [0.25, 0.3) is 10.1 Å². The molecule has 1 aliphatic rings. The van der Waals surface area contributed by atoms with Crippen LogP contribution in [0.1, 0.15) is 12.8 Å². The molecule has 7 heteroatoms. The molecule has 14 heavy (non-hydrogen) atoms. The molecule has 0 aliphatic heterocycles. The summed E-state index contributed by atoms with van der Waals surface area (Å²) in [5, 5.41) is 0. The van der Waals surface area contributed by atoms with Gasteiger partial charge < -0.3 is 0 Å². The largest absolute Gasteiger partial charge is 0.273 e. The van der Waals surface area contributed by atoms with E-state index in [9.17, 15) is 16.8 Å². The Balaban J connectivity index is 2.70. The van der Waals surface area contributed by atoms with Gasteiger partial charge in [0, 0.05) is 11.7 Å². The van der Waals surface area contributed by atoms with Crippen LogP contribution in [0.2, 0.25) is 0 Å². The highest BCUT2D eigenvalue weighted by Gasteiger charge is 2.48. The molecule has 1 saturated carbocycles. The van der Waals surface area contributed by atoms with E-state index in [2.05, 4.69) is 4.18 Å². The highest BCUT2D eigenvalue weighted by atomic mass is 32.2. The fraction of sp³-hybridized carbons (Fsp3) is 1.00. The van der Waals surface area contributed by atoms with Gasteiger partial charge in [0.15, 0.2) is 0 Å². The number of rotatable bonds is 5. The zero-order valence-electron chi connectivity index (χ0n) is 8.19. The minimum Gasteiger partial charge on any atom is -0.273 e. The summed E-state index contributed by atoms with van der Waals surface area (Å²) in [5.41, 5.74) is -0.581. The van der Waals surface area contributed by atoms with Gasteiger partial charge in [-0.05, 0) is 12.8 Å². The summed E-state index contributed by atoms with van der Waals surface area (Å²) >= 11 is 0. The zero-order chi connectivity index (χ0) is 11.0. The Bertz CT molecular complexity index is 401. The maximum atomic E-state index is 11.1. The van der Waals surface area contributed by atoms with E-state index in [0.717, 1.165) is 13.4 Å². The van der Waals surface area contributed by atoms with Crippen LogP contribution in [0.15, 0.2) is 0 Å². The molecule has 0 radical (unpaired) electrons. The Labute approximate surface area is 84.5 Å². The third-order valence-electron chi connectivity index (χ3n) is 2.26. The van der Waals surface area contributed by atoms with Crippen molar-refractivity contribution in [3.8, 4) is 0 Å². The molecule has 0 spiro atoms. The van der Waals surface area contributed by atoms with Crippen molar-refractivity contribution in [2.75, 3.05) is 24.9 Å². The topological polar surface area (TPSA) is 77.5 Å². The first-order valence-corrected chi connectivity index (χ1v) is 7.78. The van der Waals surface area contributed by atoms with Crippen molar-refractivity contribution in [1.29, 1.82) is 0 Å². The smallest absolute Gasteiger partial charge is 0.267 e. The maximum absolute atomic E-state index is 11.1. The molecule has 0 heterocycles. The van der Waals surface area contributed by atoms with Gasteiger partial charge in [0.1, 0.15) is 9.84 Å². The van der Waals surface area contributed by atoms with Crippen LogP contribution in [0.4, 0.5) is 0 Å². The zero-order valence-corrected chi connectivity index (χ0v) is 9.82. The summed E-state index contributed by atoms with van der Waals surface area (Å²) in [4.78, 5) is 0. The van der Waals surface area contributed by atoms with Gasteiger partial charge >= 0.3 is 0 Å². The van der Waals surface area contributed by atoms with Crippen LogP contribution in [0, 0.1) is 5.41 Å². The first-order valence-electron chi connectivity index (χ1n) is 4.14. The van der Waals surface area contributed by atoms with Crippen LogP contribution in [0.5, 0.6) is 0 Å². The Hall–Kier alpha value is -0.140. The Kier molecular flexibility index (Phi) is 2.95. The molecule has 5 nitrogen and oxygen atoms in total. The molecule has 0 amide bonds. The normalized spacial score (nSPS) is 20.7. The molecule has 84 valence electrons. The summed E-state index contributed by atoms with van der Waals surface area (Å²) in [5.74, 6) is -0.258. The molecule has 0 N–H and O–H groups in total. The second-order valence-corrected chi connectivity index (χ2v) is 7.82. The quantitative estimate of drug-likeness (QED) is 0.623. The molecule has 0 unspecified atom stereocenters. The fourth-order valence-corrected chi connectivity index (χ4v) is 4.39. The fourth-order valence-electron chi connectivity index (χ4n) is 1.50. The van der Waals surface area contributed by atoms with E-state index in [-0.39, 0.29) is 11.5 Å². The van der Waals surface area contributed by atoms with Gasteiger partial charge in [-0.15, -0.1) is 0 Å². The van der Waals surface area contributed by atoms with E-state index in [1.807, 2.05) is 0 Å². The van der Waals surface area contributed by atoms with Gasteiger partial charge in [0.2, 0.25) is 0 Å². The molecular weight excluding hydrogens is 228 g/mol. The second-order valence-electron chi connectivity index (χ2n) is 3.94. The molecule has 0 aromatic rings. The average Bonchev–Trinajstić information content (AvgIpc) is 2.64. The van der Waals surface area contributed by atoms with Gasteiger partial charge in [-0.2, -0.15) is 8.42 Å². The molecule has 0 aromatic carbocycles. The lowest BCUT2D eigenvalue weighted by atomic mass is 10.2. The van der Waals surface area contributed by atoms with Crippen molar-refractivity contribution in [2.45, 2.75) is 12.8 Å². The Morgan fingerprint density at radius 1 is 1.14 bits per heavy atom. The van der Waals surface area contributed by atoms with Crippen LogP contribution in [0.25, 0.3) is 0 Å². The molecule has 0 bridgehead atoms. The first kappa shape index (κ1) is 11.9. The van der Waals surface area contributed by atoms with E-state index in [1.54, 1.807) is 0 Å². The van der Waals surface area contributed by atoms with E-state index >= 15 is 0 Å². The lowest BCUT2D eigenvalue weighted by Crippen LogP contribution is -2.25. The molecule has 0 aromatic heterocycles. The Morgan fingerprint density at radius 2 is 1.64 bits per heavy atom. The molecule has 1 fully saturated rings. The summed E-state index contributed by atoms with van der Waals surface area (Å²) in [6, 6.07) is 0.